The molecule has 5 heteroatoms. The highest BCUT2D eigenvalue weighted by Crippen LogP contribution is 2.36. The topological polar surface area (TPSA) is 66.5 Å². The van der Waals surface area contributed by atoms with Gasteiger partial charge in [-0.15, -0.1) is 0 Å². The predicted molar refractivity (Wildman–Crippen MR) is 139 cm³/mol. The van der Waals surface area contributed by atoms with E-state index in [0.717, 1.165) is 57.6 Å². The molecule has 0 bridgehead atoms. The Morgan fingerprint density at radius 1 is 0.853 bits per heavy atom. The molecule has 170 valence electrons. The van der Waals surface area contributed by atoms with Crippen molar-refractivity contribution < 1.29 is 0 Å². The van der Waals surface area contributed by atoms with E-state index in [1.54, 1.807) is 6.20 Å². The Labute approximate surface area is 200 Å². The van der Waals surface area contributed by atoms with Crippen molar-refractivity contribution in [3.63, 3.8) is 0 Å². The largest absolute Gasteiger partial charge is 0.312 e. The minimum Gasteiger partial charge on any atom is -0.312 e. The first kappa shape index (κ1) is 22.0. The van der Waals surface area contributed by atoms with E-state index in [-0.39, 0.29) is 5.41 Å². The second-order valence-corrected chi connectivity index (χ2v) is 9.82. The summed E-state index contributed by atoms with van der Waals surface area (Å²) in [6.07, 6.45) is 5.47. The number of rotatable bonds is 6. The van der Waals surface area contributed by atoms with E-state index in [2.05, 4.69) is 95.9 Å². The van der Waals surface area contributed by atoms with Crippen molar-refractivity contribution in [2.24, 2.45) is 5.41 Å². The van der Waals surface area contributed by atoms with E-state index in [1.165, 1.54) is 5.56 Å². The van der Waals surface area contributed by atoms with Crippen LogP contribution in [0, 0.1) is 5.41 Å². The predicted octanol–water partition coefficient (Wildman–Crippen LogP) is 6.49. The van der Waals surface area contributed by atoms with Crippen molar-refractivity contribution in [3.05, 3.63) is 90.9 Å². The van der Waals surface area contributed by atoms with Crippen LogP contribution in [0.15, 0.2) is 85.3 Å². The van der Waals surface area contributed by atoms with Gasteiger partial charge in [0.2, 0.25) is 0 Å². The number of H-pyrrole nitrogens is 1. The highest BCUT2D eigenvalue weighted by molar-refractivity contribution is 5.98. The molecule has 0 radical (unpaired) electrons. The van der Waals surface area contributed by atoms with Crippen molar-refractivity contribution in [2.45, 2.75) is 27.3 Å². The summed E-state index contributed by atoms with van der Waals surface area (Å²) in [7, 11) is 0. The van der Waals surface area contributed by atoms with Crippen molar-refractivity contribution >= 4 is 10.9 Å². The first-order chi connectivity index (χ1) is 16.5. The van der Waals surface area contributed by atoms with Crippen molar-refractivity contribution in [1.82, 2.24) is 25.5 Å². The van der Waals surface area contributed by atoms with Gasteiger partial charge in [0.15, 0.2) is 0 Å². The van der Waals surface area contributed by atoms with Crippen LogP contribution in [0.25, 0.3) is 44.5 Å². The molecule has 0 saturated carbocycles. The zero-order chi connectivity index (χ0) is 23.5. The lowest BCUT2D eigenvalue weighted by atomic mass is 9.95. The van der Waals surface area contributed by atoms with Gasteiger partial charge in [-0.1, -0.05) is 75.4 Å². The zero-order valence-corrected chi connectivity index (χ0v) is 19.8. The third-order valence-corrected chi connectivity index (χ3v) is 5.81. The number of fused-ring (bicyclic) bond motifs is 1. The molecule has 0 aliphatic rings. The van der Waals surface area contributed by atoms with Gasteiger partial charge < -0.3 is 5.32 Å². The third-order valence-electron chi connectivity index (χ3n) is 5.81. The molecule has 3 aromatic heterocycles. The van der Waals surface area contributed by atoms with E-state index < -0.39 is 0 Å². The fourth-order valence-corrected chi connectivity index (χ4v) is 4.13. The molecule has 0 unspecified atom stereocenters. The Morgan fingerprint density at radius 2 is 1.65 bits per heavy atom. The van der Waals surface area contributed by atoms with Crippen LogP contribution < -0.4 is 5.32 Å². The summed E-state index contributed by atoms with van der Waals surface area (Å²) in [4.78, 5) is 9.77. The molecule has 2 N–H and O–H groups in total. The van der Waals surface area contributed by atoms with Crippen LogP contribution in [0.1, 0.15) is 26.3 Å². The number of hydrogen-bond acceptors (Lipinski definition) is 4. The summed E-state index contributed by atoms with van der Waals surface area (Å²) in [6, 6.07) is 23.3. The van der Waals surface area contributed by atoms with Gasteiger partial charge >= 0.3 is 0 Å². The van der Waals surface area contributed by atoms with Crippen LogP contribution in [-0.2, 0) is 6.54 Å². The lowest BCUT2D eigenvalue weighted by Crippen LogP contribution is -2.26. The van der Waals surface area contributed by atoms with E-state index in [4.69, 9.17) is 4.98 Å². The standard InChI is InChI=1S/C29H29N5/c1-29(2,3)19-30-16-20-9-11-22(12-10-20)28-24(21-7-5-4-6-8-21)15-25-26(34-28)13-14-31-27(25)23-17-32-33-18-23/h4-15,17-18,30H,16,19H2,1-3H3,(H,32,33). The lowest BCUT2D eigenvalue weighted by Gasteiger charge is -2.19. The van der Waals surface area contributed by atoms with Gasteiger partial charge in [0.25, 0.3) is 0 Å². The second kappa shape index (κ2) is 9.20. The molecule has 0 atom stereocenters. The first-order valence-electron chi connectivity index (χ1n) is 11.6. The molecule has 3 heterocycles. The molecule has 0 saturated heterocycles. The Balaban J connectivity index is 1.58. The summed E-state index contributed by atoms with van der Waals surface area (Å²) in [6.45, 7) is 8.56. The Bertz CT molecular complexity index is 1380. The van der Waals surface area contributed by atoms with Gasteiger partial charge in [-0.05, 0) is 28.7 Å². The highest BCUT2D eigenvalue weighted by Gasteiger charge is 2.15. The maximum atomic E-state index is 5.13. The molecular formula is C29H29N5. The van der Waals surface area contributed by atoms with E-state index in [9.17, 15) is 0 Å². The molecule has 34 heavy (non-hydrogen) atoms. The summed E-state index contributed by atoms with van der Waals surface area (Å²) in [5, 5.41) is 11.6. The number of hydrogen-bond donors (Lipinski definition) is 2. The maximum Gasteiger partial charge on any atom is 0.0827 e. The molecule has 5 nitrogen and oxygen atoms in total. The second-order valence-electron chi connectivity index (χ2n) is 9.82. The van der Waals surface area contributed by atoms with Crippen molar-refractivity contribution in [2.75, 3.05) is 6.54 Å². The van der Waals surface area contributed by atoms with E-state index in [1.807, 2.05) is 24.5 Å². The van der Waals surface area contributed by atoms with Gasteiger partial charge in [0.1, 0.15) is 0 Å². The van der Waals surface area contributed by atoms with Gasteiger partial charge in [0, 0.05) is 47.6 Å². The third kappa shape index (κ3) is 4.75. The SMILES string of the molecule is CC(C)(C)CNCc1ccc(-c2nc3ccnc(-c4cn[nH]c4)c3cc2-c2ccccc2)cc1. The van der Waals surface area contributed by atoms with Crippen LogP contribution in [0.2, 0.25) is 0 Å². The Kier molecular flexibility index (Phi) is 5.95. The van der Waals surface area contributed by atoms with Crippen molar-refractivity contribution in [1.29, 1.82) is 0 Å². The van der Waals surface area contributed by atoms with Crippen LogP contribution >= 0.6 is 0 Å². The van der Waals surface area contributed by atoms with Crippen LogP contribution in [0.3, 0.4) is 0 Å². The fraction of sp³-hybridized carbons (Fsp3) is 0.207. The lowest BCUT2D eigenvalue weighted by molar-refractivity contribution is 0.379. The molecule has 0 amide bonds. The molecule has 2 aromatic carbocycles. The maximum absolute atomic E-state index is 5.13. The number of nitrogens with zero attached hydrogens (tertiary/aromatic N) is 3. The average Bonchev–Trinajstić information content (AvgIpc) is 3.38. The summed E-state index contributed by atoms with van der Waals surface area (Å²) < 4.78 is 0. The van der Waals surface area contributed by atoms with Crippen LogP contribution in [-0.4, -0.2) is 26.7 Å². The molecule has 0 aliphatic carbocycles. The summed E-state index contributed by atoms with van der Waals surface area (Å²) in [5.74, 6) is 0. The number of nitrogens with one attached hydrogen (secondary N) is 2. The highest BCUT2D eigenvalue weighted by atomic mass is 15.1. The zero-order valence-electron chi connectivity index (χ0n) is 19.8. The molecule has 0 spiro atoms. The normalized spacial score (nSPS) is 11.7. The van der Waals surface area contributed by atoms with Crippen molar-refractivity contribution in [3.8, 4) is 33.6 Å². The quantitative estimate of drug-likeness (QED) is 0.312. The molecule has 5 rings (SSSR count). The van der Waals surface area contributed by atoms with Gasteiger partial charge in [-0.25, -0.2) is 4.98 Å². The van der Waals surface area contributed by atoms with Crippen LogP contribution in [0.4, 0.5) is 0 Å². The molecule has 5 aromatic rings. The van der Waals surface area contributed by atoms with Gasteiger partial charge in [0.05, 0.1) is 23.1 Å². The average molecular weight is 448 g/mol. The monoisotopic (exact) mass is 447 g/mol. The number of pyridine rings is 2. The first-order valence-corrected chi connectivity index (χ1v) is 11.6. The van der Waals surface area contributed by atoms with E-state index >= 15 is 0 Å². The smallest absolute Gasteiger partial charge is 0.0827 e. The summed E-state index contributed by atoms with van der Waals surface area (Å²) >= 11 is 0. The molecule has 0 aliphatic heterocycles. The minimum absolute atomic E-state index is 0.268. The summed E-state index contributed by atoms with van der Waals surface area (Å²) in [5.41, 5.74) is 8.56. The molecule has 0 fully saturated rings. The fourth-order valence-electron chi connectivity index (χ4n) is 4.13. The number of aromatic amines is 1. The van der Waals surface area contributed by atoms with Gasteiger partial charge in [-0.3, -0.25) is 10.1 Å². The number of benzene rings is 2. The molecular weight excluding hydrogens is 418 g/mol. The Morgan fingerprint density at radius 3 is 2.35 bits per heavy atom. The van der Waals surface area contributed by atoms with Gasteiger partial charge in [-0.2, -0.15) is 5.10 Å². The van der Waals surface area contributed by atoms with Crippen LogP contribution in [0.5, 0.6) is 0 Å². The van der Waals surface area contributed by atoms with E-state index in [0.29, 0.717) is 0 Å². The minimum atomic E-state index is 0.268. The number of aromatic nitrogens is 4. The Hall–Kier alpha value is -3.83.